The predicted molar refractivity (Wildman–Crippen MR) is 95.4 cm³/mol. The average molecular weight is 369 g/mol. The molecule has 0 saturated carbocycles. The van der Waals surface area contributed by atoms with E-state index in [0.29, 0.717) is 12.4 Å². The van der Waals surface area contributed by atoms with Crippen molar-refractivity contribution >= 4 is 11.5 Å². The van der Waals surface area contributed by atoms with Crippen molar-refractivity contribution in [1.82, 2.24) is 29.4 Å². The van der Waals surface area contributed by atoms with E-state index >= 15 is 0 Å². The third-order valence-electron chi connectivity index (χ3n) is 4.20. The second-order valence-corrected chi connectivity index (χ2v) is 5.97. The number of aryl methyl sites for hydroxylation is 2. The van der Waals surface area contributed by atoms with E-state index in [1.165, 1.54) is 5.56 Å². The number of fused-ring (bicyclic) bond motifs is 1. The summed E-state index contributed by atoms with van der Waals surface area (Å²) < 4.78 is 29.0. The lowest BCUT2D eigenvalue weighted by molar-refractivity contribution is 0.137. The summed E-state index contributed by atoms with van der Waals surface area (Å²) in [6.07, 6.45) is 1.82. The fourth-order valence-corrected chi connectivity index (χ4v) is 2.81. The number of anilines is 1. The number of hydrogen-bond donors (Lipinski definition) is 1. The Hall–Kier alpha value is -3.36. The minimum absolute atomic E-state index is 0.278. The molecule has 1 aromatic carbocycles. The summed E-state index contributed by atoms with van der Waals surface area (Å²) in [6, 6.07) is 13.5. The molecule has 1 N–H and O–H groups in total. The summed E-state index contributed by atoms with van der Waals surface area (Å²) in [4.78, 5) is 4.36. The molecule has 0 aliphatic heterocycles. The Kier molecular flexibility index (Phi) is 4.73. The van der Waals surface area contributed by atoms with E-state index in [0.717, 1.165) is 23.3 Å². The normalized spacial score (nSPS) is 11.4. The summed E-state index contributed by atoms with van der Waals surface area (Å²) in [5, 5.41) is 14.4. The molecule has 0 amide bonds. The topological polar surface area (TPSA) is 72.9 Å². The Morgan fingerprint density at radius 3 is 2.70 bits per heavy atom. The van der Waals surface area contributed by atoms with Crippen LogP contribution in [-0.2, 0) is 19.5 Å². The molecule has 0 aliphatic carbocycles. The highest BCUT2D eigenvalue weighted by Crippen LogP contribution is 2.17. The van der Waals surface area contributed by atoms with Gasteiger partial charge in [-0.05, 0) is 24.1 Å². The Bertz CT molecular complexity index is 1030. The van der Waals surface area contributed by atoms with Crippen LogP contribution in [0.15, 0.2) is 54.9 Å². The van der Waals surface area contributed by atoms with E-state index in [1.54, 1.807) is 18.3 Å². The molecule has 9 heteroatoms. The molecule has 0 radical (unpaired) electrons. The first-order chi connectivity index (χ1) is 13.2. The summed E-state index contributed by atoms with van der Waals surface area (Å²) in [6.45, 7) is 1.22. The molecule has 0 unspecified atom stereocenters. The van der Waals surface area contributed by atoms with E-state index in [2.05, 4.69) is 42.3 Å². The largest absolute Gasteiger partial charge is 0.361 e. The number of aromatic nitrogens is 6. The molecule has 3 heterocycles. The summed E-state index contributed by atoms with van der Waals surface area (Å²) in [5.74, 6) is 0.811. The Morgan fingerprint density at radius 2 is 1.89 bits per heavy atom. The Morgan fingerprint density at radius 1 is 1.04 bits per heavy atom. The minimum atomic E-state index is -2.74. The van der Waals surface area contributed by atoms with Crippen LogP contribution in [0.5, 0.6) is 0 Å². The van der Waals surface area contributed by atoms with E-state index in [4.69, 9.17) is 0 Å². The molecule has 0 bridgehead atoms. The maximum Gasteiger partial charge on any atom is 0.299 e. The third-order valence-corrected chi connectivity index (χ3v) is 4.20. The molecular formula is C18H17F2N7. The van der Waals surface area contributed by atoms with Crippen LogP contribution in [-0.4, -0.2) is 29.4 Å². The van der Waals surface area contributed by atoms with Crippen LogP contribution in [0.4, 0.5) is 14.6 Å². The van der Waals surface area contributed by atoms with Crippen LogP contribution in [0.3, 0.4) is 0 Å². The van der Waals surface area contributed by atoms with Gasteiger partial charge in [0, 0.05) is 18.9 Å². The zero-order valence-electron chi connectivity index (χ0n) is 14.3. The Labute approximate surface area is 153 Å². The SMILES string of the molecule is FC(F)c1nnc2ccc(NCc3nccn3CCc3ccccc3)nn12. The highest BCUT2D eigenvalue weighted by Gasteiger charge is 2.17. The van der Waals surface area contributed by atoms with Gasteiger partial charge in [-0.1, -0.05) is 30.3 Å². The number of hydrogen-bond acceptors (Lipinski definition) is 5. The minimum Gasteiger partial charge on any atom is -0.361 e. The molecular weight excluding hydrogens is 352 g/mol. The molecule has 0 saturated heterocycles. The third kappa shape index (κ3) is 3.76. The molecule has 0 fully saturated rings. The van der Waals surface area contributed by atoms with Crippen LogP contribution >= 0.6 is 0 Å². The van der Waals surface area contributed by atoms with Gasteiger partial charge in [-0.2, -0.15) is 4.52 Å². The molecule has 27 heavy (non-hydrogen) atoms. The van der Waals surface area contributed by atoms with Crippen molar-refractivity contribution in [3.05, 3.63) is 72.1 Å². The second-order valence-electron chi connectivity index (χ2n) is 5.97. The van der Waals surface area contributed by atoms with Crippen LogP contribution in [0.2, 0.25) is 0 Å². The quantitative estimate of drug-likeness (QED) is 0.542. The monoisotopic (exact) mass is 369 g/mol. The van der Waals surface area contributed by atoms with Gasteiger partial charge in [-0.15, -0.1) is 15.3 Å². The highest BCUT2D eigenvalue weighted by atomic mass is 19.3. The van der Waals surface area contributed by atoms with Gasteiger partial charge in [-0.3, -0.25) is 0 Å². The van der Waals surface area contributed by atoms with E-state index in [1.807, 2.05) is 24.4 Å². The first kappa shape index (κ1) is 17.1. The molecule has 7 nitrogen and oxygen atoms in total. The van der Waals surface area contributed by atoms with Gasteiger partial charge in [0.15, 0.2) is 5.65 Å². The first-order valence-electron chi connectivity index (χ1n) is 8.49. The standard InChI is InChI=1S/C18H17F2N7/c19-17(20)18-24-23-15-7-6-14(25-27(15)18)22-12-16-21-9-11-26(16)10-8-13-4-2-1-3-5-13/h1-7,9,11,17H,8,10,12H2,(H,22,25). The predicted octanol–water partition coefficient (Wildman–Crippen LogP) is 3.11. The van der Waals surface area contributed by atoms with Gasteiger partial charge < -0.3 is 9.88 Å². The second kappa shape index (κ2) is 7.48. The number of nitrogens with zero attached hydrogens (tertiary/aromatic N) is 6. The molecule has 4 rings (SSSR count). The number of benzene rings is 1. The lowest BCUT2D eigenvalue weighted by atomic mass is 10.1. The molecule has 3 aromatic heterocycles. The molecule has 4 aromatic rings. The highest BCUT2D eigenvalue weighted by molar-refractivity contribution is 5.44. The Balaban J connectivity index is 1.44. The number of nitrogens with one attached hydrogen (secondary N) is 1. The van der Waals surface area contributed by atoms with Crippen molar-refractivity contribution in [2.24, 2.45) is 0 Å². The van der Waals surface area contributed by atoms with Crippen molar-refractivity contribution in [1.29, 1.82) is 0 Å². The molecule has 0 spiro atoms. The number of imidazole rings is 1. The smallest absolute Gasteiger partial charge is 0.299 e. The van der Waals surface area contributed by atoms with Crippen molar-refractivity contribution < 1.29 is 8.78 Å². The first-order valence-corrected chi connectivity index (χ1v) is 8.49. The van der Waals surface area contributed by atoms with Crippen molar-refractivity contribution in [3.8, 4) is 0 Å². The lowest BCUT2D eigenvalue weighted by Gasteiger charge is -2.10. The van der Waals surface area contributed by atoms with Gasteiger partial charge in [0.05, 0.1) is 6.54 Å². The maximum atomic E-state index is 13.0. The molecule has 0 atom stereocenters. The van der Waals surface area contributed by atoms with E-state index in [-0.39, 0.29) is 5.65 Å². The van der Waals surface area contributed by atoms with Gasteiger partial charge in [-0.25, -0.2) is 13.8 Å². The molecule has 138 valence electrons. The van der Waals surface area contributed by atoms with Crippen molar-refractivity contribution in [2.75, 3.05) is 5.32 Å². The summed E-state index contributed by atoms with van der Waals surface area (Å²) in [5.41, 5.74) is 1.53. The van der Waals surface area contributed by atoms with Gasteiger partial charge in [0.1, 0.15) is 11.6 Å². The van der Waals surface area contributed by atoms with E-state index in [9.17, 15) is 8.78 Å². The average Bonchev–Trinajstić information content (AvgIpc) is 3.31. The zero-order chi connectivity index (χ0) is 18.6. The van der Waals surface area contributed by atoms with Crippen molar-refractivity contribution in [3.63, 3.8) is 0 Å². The molecule has 0 aliphatic rings. The number of halogens is 2. The van der Waals surface area contributed by atoms with Gasteiger partial charge in [0.2, 0.25) is 5.82 Å². The number of alkyl halides is 2. The van der Waals surface area contributed by atoms with E-state index < -0.39 is 12.2 Å². The van der Waals surface area contributed by atoms with Gasteiger partial charge >= 0.3 is 0 Å². The summed E-state index contributed by atoms with van der Waals surface area (Å²) >= 11 is 0. The fraction of sp³-hybridized carbons (Fsp3) is 0.222. The lowest BCUT2D eigenvalue weighted by Crippen LogP contribution is -2.11. The zero-order valence-corrected chi connectivity index (χ0v) is 14.3. The summed E-state index contributed by atoms with van der Waals surface area (Å²) in [7, 11) is 0. The number of rotatable bonds is 7. The van der Waals surface area contributed by atoms with Gasteiger partial charge in [0.25, 0.3) is 6.43 Å². The van der Waals surface area contributed by atoms with Crippen LogP contribution < -0.4 is 5.32 Å². The van der Waals surface area contributed by atoms with Crippen molar-refractivity contribution in [2.45, 2.75) is 25.9 Å². The van der Waals surface area contributed by atoms with Crippen LogP contribution in [0.25, 0.3) is 5.65 Å². The van der Waals surface area contributed by atoms with Crippen LogP contribution in [0.1, 0.15) is 23.6 Å². The van der Waals surface area contributed by atoms with Crippen LogP contribution in [0, 0.1) is 0 Å². The maximum absolute atomic E-state index is 13.0. The fourth-order valence-electron chi connectivity index (χ4n) is 2.81.